The van der Waals surface area contributed by atoms with Crippen LogP contribution < -0.4 is 10.6 Å². The number of rotatable bonds is 3. The Bertz CT molecular complexity index is 559. The zero-order chi connectivity index (χ0) is 15.6. The lowest BCUT2D eigenvalue weighted by Crippen LogP contribution is -2.48. The molecule has 1 fully saturated rings. The van der Waals surface area contributed by atoms with Gasteiger partial charge in [-0.2, -0.15) is 0 Å². The molecule has 7 heteroatoms. The standard InChI is InChI=1S/C14H16Br2N2O3/c1-14(12(19)20)7-3-6-10(14)17-13(21)18-11-8(15)4-2-5-9(11)16/h2,4-5,10H,3,6-7H2,1H3,(H,19,20)(H2,17,18,21). The monoisotopic (exact) mass is 418 g/mol. The summed E-state index contributed by atoms with van der Waals surface area (Å²) >= 11 is 6.73. The molecule has 0 bridgehead atoms. The Kier molecular flexibility index (Phi) is 4.93. The molecule has 2 amide bonds. The first-order valence-corrected chi connectivity index (χ1v) is 8.18. The summed E-state index contributed by atoms with van der Waals surface area (Å²) in [7, 11) is 0. The number of anilines is 1. The maximum atomic E-state index is 12.1. The van der Waals surface area contributed by atoms with E-state index in [1.807, 2.05) is 18.2 Å². The molecule has 0 spiro atoms. The van der Waals surface area contributed by atoms with Crippen molar-refractivity contribution in [2.75, 3.05) is 5.32 Å². The molecule has 5 nitrogen and oxygen atoms in total. The van der Waals surface area contributed by atoms with Crippen LogP contribution >= 0.6 is 31.9 Å². The average molecular weight is 420 g/mol. The van der Waals surface area contributed by atoms with E-state index in [-0.39, 0.29) is 6.04 Å². The summed E-state index contributed by atoms with van der Waals surface area (Å²) in [5.41, 5.74) is -0.285. The summed E-state index contributed by atoms with van der Waals surface area (Å²) in [4.78, 5) is 23.5. The van der Waals surface area contributed by atoms with Gasteiger partial charge >= 0.3 is 12.0 Å². The third-order valence-corrected chi connectivity index (χ3v) is 5.27. The second-order valence-corrected chi connectivity index (χ2v) is 7.07. The Labute approximate surface area is 139 Å². The Morgan fingerprint density at radius 3 is 2.52 bits per heavy atom. The zero-order valence-electron chi connectivity index (χ0n) is 11.5. The number of carbonyl (C=O) groups excluding carboxylic acids is 1. The van der Waals surface area contributed by atoms with Crippen LogP contribution in [0.1, 0.15) is 26.2 Å². The van der Waals surface area contributed by atoms with Gasteiger partial charge in [-0.25, -0.2) is 4.79 Å². The molecule has 1 saturated carbocycles. The molecular weight excluding hydrogens is 404 g/mol. The van der Waals surface area contributed by atoms with Gasteiger partial charge in [0.15, 0.2) is 0 Å². The number of halogens is 2. The summed E-state index contributed by atoms with van der Waals surface area (Å²) in [5, 5.41) is 14.9. The molecule has 1 aliphatic carbocycles. The van der Waals surface area contributed by atoms with E-state index in [0.717, 1.165) is 15.4 Å². The van der Waals surface area contributed by atoms with Gasteiger partial charge in [-0.3, -0.25) is 4.79 Å². The molecule has 2 atom stereocenters. The van der Waals surface area contributed by atoms with Crippen molar-refractivity contribution in [1.82, 2.24) is 5.32 Å². The van der Waals surface area contributed by atoms with Crippen LogP contribution in [0.5, 0.6) is 0 Å². The SMILES string of the molecule is CC1(C(=O)O)CCCC1NC(=O)Nc1c(Br)cccc1Br. The van der Waals surface area contributed by atoms with E-state index in [2.05, 4.69) is 42.5 Å². The predicted molar refractivity (Wildman–Crippen MR) is 87.4 cm³/mol. The maximum absolute atomic E-state index is 12.1. The Morgan fingerprint density at radius 1 is 1.33 bits per heavy atom. The van der Waals surface area contributed by atoms with Gasteiger partial charge in [-0.15, -0.1) is 0 Å². The van der Waals surface area contributed by atoms with Crippen molar-refractivity contribution in [3.63, 3.8) is 0 Å². The summed E-state index contributed by atoms with van der Waals surface area (Å²) in [6.45, 7) is 1.68. The van der Waals surface area contributed by atoms with Gasteiger partial charge in [0, 0.05) is 15.0 Å². The quantitative estimate of drug-likeness (QED) is 0.693. The Balaban J connectivity index is 2.07. The molecule has 114 valence electrons. The second kappa shape index (κ2) is 6.36. The summed E-state index contributed by atoms with van der Waals surface area (Å²) in [6, 6.07) is 4.71. The number of para-hydroxylation sites is 1. The Morgan fingerprint density at radius 2 is 1.95 bits per heavy atom. The molecule has 1 aliphatic rings. The molecule has 0 saturated heterocycles. The molecule has 21 heavy (non-hydrogen) atoms. The van der Waals surface area contributed by atoms with E-state index in [4.69, 9.17) is 0 Å². The summed E-state index contributed by atoms with van der Waals surface area (Å²) < 4.78 is 1.50. The fraction of sp³-hybridized carbons (Fsp3) is 0.429. The van der Waals surface area contributed by atoms with E-state index >= 15 is 0 Å². The first-order chi connectivity index (χ1) is 9.84. The van der Waals surface area contributed by atoms with E-state index < -0.39 is 17.4 Å². The average Bonchev–Trinajstić information content (AvgIpc) is 2.77. The van der Waals surface area contributed by atoms with E-state index in [1.165, 1.54) is 0 Å². The highest BCUT2D eigenvalue weighted by molar-refractivity contribution is 9.11. The van der Waals surface area contributed by atoms with Crippen molar-refractivity contribution < 1.29 is 14.7 Å². The number of urea groups is 1. The molecule has 3 N–H and O–H groups in total. The lowest BCUT2D eigenvalue weighted by molar-refractivity contribution is -0.148. The van der Waals surface area contributed by atoms with Gasteiger partial charge in [-0.1, -0.05) is 12.5 Å². The number of amides is 2. The van der Waals surface area contributed by atoms with Crippen molar-refractivity contribution in [3.05, 3.63) is 27.1 Å². The van der Waals surface area contributed by atoms with Crippen LogP contribution in [-0.2, 0) is 4.79 Å². The van der Waals surface area contributed by atoms with Crippen LogP contribution in [0.4, 0.5) is 10.5 Å². The third-order valence-electron chi connectivity index (χ3n) is 3.95. The van der Waals surface area contributed by atoms with Crippen molar-refractivity contribution >= 4 is 49.5 Å². The molecule has 2 unspecified atom stereocenters. The van der Waals surface area contributed by atoms with E-state index in [9.17, 15) is 14.7 Å². The van der Waals surface area contributed by atoms with Crippen LogP contribution in [0.3, 0.4) is 0 Å². The molecular formula is C14H16Br2N2O3. The molecule has 1 aromatic rings. The highest BCUT2D eigenvalue weighted by atomic mass is 79.9. The van der Waals surface area contributed by atoms with Gasteiger partial charge in [0.2, 0.25) is 0 Å². The number of hydrogen-bond acceptors (Lipinski definition) is 2. The largest absolute Gasteiger partial charge is 0.481 e. The number of aliphatic carboxylic acids is 1. The minimum absolute atomic E-state index is 0.365. The number of carboxylic acid groups (broad SMARTS) is 1. The van der Waals surface area contributed by atoms with Gasteiger partial charge in [-0.05, 0) is 63.8 Å². The number of benzene rings is 1. The van der Waals surface area contributed by atoms with Crippen LogP contribution in [0.25, 0.3) is 0 Å². The molecule has 0 aliphatic heterocycles. The van der Waals surface area contributed by atoms with E-state index in [1.54, 1.807) is 6.92 Å². The normalized spacial score (nSPS) is 24.6. The fourth-order valence-corrected chi connectivity index (χ4v) is 3.78. The maximum Gasteiger partial charge on any atom is 0.319 e. The number of carbonyl (C=O) groups is 2. The molecule has 2 rings (SSSR count). The van der Waals surface area contributed by atoms with Crippen LogP contribution in [0, 0.1) is 5.41 Å². The molecule has 0 radical (unpaired) electrons. The first kappa shape index (κ1) is 16.3. The van der Waals surface area contributed by atoms with Gasteiger partial charge < -0.3 is 15.7 Å². The van der Waals surface area contributed by atoms with Crippen molar-refractivity contribution in [2.24, 2.45) is 5.41 Å². The van der Waals surface area contributed by atoms with Crippen LogP contribution in [0.2, 0.25) is 0 Å². The smallest absolute Gasteiger partial charge is 0.319 e. The van der Waals surface area contributed by atoms with Crippen LogP contribution in [0.15, 0.2) is 27.1 Å². The zero-order valence-corrected chi connectivity index (χ0v) is 14.6. The topological polar surface area (TPSA) is 78.4 Å². The highest BCUT2D eigenvalue weighted by Gasteiger charge is 2.45. The van der Waals surface area contributed by atoms with Crippen molar-refractivity contribution in [3.8, 4) is 0 Å². The van der Waals surface area contributed by atoms with Crippen LogP contribution in [-0.4, -0.2) is 23.1 Å². The first-order valence-electron chi connectivity index (χ1n) is 6.59. The van der Waals surface area contributed by atoms with E-state index in [0.29, 0.717) is 18.5 Å². The second-order valence-electron chi connectivity index (χ2n) is 5.36. The lowest BCUT2D eigenvalue weighted by atomic mass is 9.85. The fourth-order valence-electron chi connectivity index (χ4n) is 2.58. The molecule has 1 aromatic carbocycles. The Hall–Kier alpha value is -1.08. The van der Waals surface area contributed by atoms with Gasteiger partial charge in [0.25, 0.3) is 0 Å². The summed E-state index contributed by atoms with van der Waals surface area (Å²) in [5.74, 6) is -0.868. The van der Waals surface area contributed by atoms with Gasteiger partial charge in [0.1, 0.15) is 0 Å². The summed E-state index contributed by atoms with van der Waals surface area (Å²) in [6.07, 6.45) is 2.05. The number of nitrogens with one attached hydrogen (secondary N) is 2. The number of hydrogen-bond donors (Lipinski definition) is 3. The minimum atomic E-state index is -0.900. The number of carboxylic acids is 1. The third kappa shape index (κ3) is 3.40. The minimum Gasteiger partial charge on any atom is -0.481 e. The highest BCUT2D eigenvalue weighted by Crippen LogP contribution is 2.38. The molecule has 0 heterocycles. The van der Waals surface area contributed by atoms with Crippen molar-refractivity contribution in [1.29, 1.82) is 0 Å². The molecule has 0 aromatic heterocycles. The predicted octanol–water partition coefficient (Wildman–Crippen LogP) is 3.98. The lowest BCUT2D eigenvalue weighted by Gasteiger charge is -2.27. The van der Waals surface area contributed by atoms with Crippen molar-refractivity contribution in [2.45, 2.75) is 32.2 Å². The van der Waals surface area contributed by atoms with Gasteiger partial charge in [0.05, 0.1) is 11.1 Å².